The van der Waals surface area contributed by atoms with Gasteiger partial charge in [0.05, 0.1) is 0 Å². The van der Waals surface area contributed by atoms with Crippen LogP contribution in [0.5, 0.6) is 11.8 Å². The van der Waals surface area contributed by atoms with Gasteiger partial charge in [-0.25, -0.2) is 0 Å². The molecule has 218 valence electrons. The van der Waals surface area contributed by atoms with Crippen LogP contribution in [0.2, 0.25) is 12.1 Å². The summed E-state index contributed by atoms with van der Waals surface area (Å²) < 4.78 is 4.81. The summed E-state index contributed by atoms with van der Waals surface area (Å²) in [6.45, 7) is 1.50. The third kappa shape index (κ3) is 4.60. The summed E-state index contributed by atoms with van der Waals surface area (Å²) in [6.07, 6.45) is 4.69. The van der Waals surface area contributed by atoms with Crippen molar-refractivity contribution < 1.29 is 10.2 Å². The number of benzene rings is 4. The van der Waals surface area contributed by atoms with E-state index in [0.29, 0.717) is 6.54 Å². The molecule has 5 aromatic rings. The maximum absolute atomic E-state index is 11.2. The predicted octanol–water partition coefficient (Wildman–Crippen LogP) is 5.00. The number of hydrogen-bond donors (Lipinski definition) is 2. The molecule has 1 aliphatic carbocycles. The molecule has 0 amide bonds. The minimum atomic E-state index is -2.43. The molecule has 2 heterocycles. The summed E-state index contributed by atoms with van der Waals surface area (Å²) >= 11 is 0. The van der Waals surface area contributed by atoms with Crippen LogP contribution in [0.3, 0.4) is 0 Å². The summed E-state index contributed by atoms with van der Waals surface area (Å²) in [5.74, 6) is 0.552. The highest BCUT2D eigenvalue weighted by atomic mass is 28.4. The molecule has 1 fully saturated rings. The molecule has 0 bridgehead atoms. The van der Waals surface area contributed by atoms with E-state index in [1.807, 2.05) is 0 Å². The molecule has 43 heavy (non-hydrogen) atoms. The van der Waals surface area contributed by atoms with Crippen molar-refractivity contribution in [1.82, 2.24) is 8.80 Å². The van der Waals surface area contributed by atoms with Crippen LogP contribution in [0, 0.1) is 0 Å². The van der Waals surface area contributed by atoms with Gasteiger partial charge in [-0.3, -0.25) is 4.57 Å². The zero-order valence-corrected chi connectivity index (χ0v) is 26.7. The fourth-order valence-corrected chi connectivity index (χ4v) is 23.5. The van der Waals surface area contributed by atoms with Gasteiger partial charge in [0.25, 0.3) is 0 Å². The average Bonchev–Trinajstić information content (AvgIpc) is 3.56. The lowest BCUT2D eigenvalue weighted by Gasteiger charge is -2.47. The summed E-state index contributed by atoms with van der Waals surface area (Å²) in [5.41, 5.74) is 1.92. The highest BCUT2D eigenvalue weighted by molar-refractivity contribution is 7.17. The van der Waals surface area contributed by atoms with Gasteiger partial charge in [0.2, 0.25) is 0 Å². The van der Waals surface area contributed by atoms with Crippen molar-refractivity contribution in [2.75, 3.05) is 6.54 Å². The van der Waals surface area contributed by atoms with Gasteiger partial charge >= 0.3 is 0 Å². The van der Waals surface area contributed by atoms with Gasteiger partial charge < -0.3 is 14.4 Å². The van der Waals surface area contributed by atoms with Gasteiger partial charge in [-0.15, -0.1) is 0 Å². The van der Waals surface area contributed by atoms with E-state index in [1.54, 1.807) is 4.57 Å². The van der Waals surface area contributed by atoms with Crippen molar-refractivity contribution >= 4 is 37.2 Å². The molecule has 2 N–H and O–H groups in total. The Labute approximate surface area is 257 Å². The second-order valence-corrected chi connectivity index (χ2v) is 20.4. The Bertz CT molecular complexity index is 1470. The lowest BCUT2D eigenvalue weighted by Crippen LogP contribution is -2.78. The van der Waals surface area contributed by atoms with Crippen LogP contribution in [0.1, 0.15) is 30.4 Å². The van der Waals surface area contributed by atoms with E-state index in [4.69, 9.17) is 0 Å². The van der Waals surface area contributed by atoms with Crippen molar-refractivity contribution in [2.45, 2.75) is 50.7 Å². The smallest absolute Gasteiger partial charge is 0.197 e. The van der Waals surface area contributed by atoms with E-state index in [-0.39, 0.29) is 11.8 Å². The fourth-order valence-electron chi connectivity index (χ4n) is 8.15. The van der Waals surface area contributed by atoms with E-state index < -0.39 is 16.5 Å². The Morgan fingerprint density at radius 3 is 1.19 bits per heavy atom. The average molecular weight is 601 g/mol. The van der Waals surface area contributed by atoms with Crippen molar-refractivity contribution in [3.05, 3.63) is 132 Å². The molecule has 0 spiro atoms. The van der Waals surface area contributed by atoms with Crippen LogP contribution in [-0.2, 0) is 19.4 Å². The molecule has 0 atom stereocenters. The molecular formula is C37H40N2O2Si2. The molecule has 7 rings (SSSR count). The van der Waals surface area contributed by atoms with E-state index in [9.17, 15) is 10.2 Å². The summed E-state index contributed by atoms with van der Waals surface area (Å²) in [4.78, 5) is 0. The molecular weight excluding hydrogens is 561 g/mol. The number of nitrogens with zero attached hydrogens (tertiary/aromatic N) is 2. The Morgan fingerprint density at radius 2 is 0.837 bits per heavy atom. The van der Waals surface area contributed by atoms with Gasteiger partial charge in [-0.2, -0.15) is 0 Å². The second-order valence-electron chi connectivity index (χ2n) is 12.2. The lowest BCUT2D eigenvalue weighted by atomic mass is 9.95. The largest absolute Gasteiger partial charge is 0.494 e. The van der Waals surface area contributed by atoms with Crippen LogP contribution in [0.4, 0.5) is 0 Å². The third-order valence-electron chi connectivity index (χ3n) is 10.1. The molecule has 0 unspecified atom stereocenters. The molecule has 4 nitrogen and oxygen atoms in total. The van der Waals surface area contributed by atoms with E-state index in [1.165, 1.54) is 20.7 Å². The van der Waals surface area contributed by atoms with Crippen LogP contribution in [0.15, 0.2) is 121 Å². The standard InChI is InChI=1S/C37H40N2O2Si2/c40-36-34-24-13-14-25-35(34)37(41)38(36)26-15-27-39-42(30-16-5-1-6-17-30,31-18-7-2-8-19-31)28-29-43(39,32-20-9-3-10-21-32)33-22-11-4-12-23-33/h1-12,16-23,40-41H,13-15,24-29H2. The zero-order valence-electron chi connectivity index (χ0n) is 24.7. The van der Waals surface area contributed by atoms with Crippen molar-refractivity contribution in [3.8, 4) is 11.8 Å². The Hall–Kier alpha value is -3.85. The molecule has 1 saturated heterocycles. The minimum Gasteiger partial charge on any atom is -0.494 e. The normalized spacial score (nSPS) is 17.5. The van der Waals surface area contributed by atoms with Crippen LogP contribution in [-0.4, -0.2) is 42.0 Å². The summed E-state index contributed by atoms with van der Waals surface area (Å²) in [5, 5.41) is 28.2. The Morgan fingerprint density at radius 1 is 0.488 bits per heavy atom. The maximum Gasteiger partial charge on any atom is 0.197 e. The van der Waals surface area contributed by atoms with Gasteiger partial charge in [-0.1, -0.05) is 121 Å². The van der Waals surface area contributed by atoms with E-state index >= 15 is 0 Å². The SMILES string of the molecule is Oc1c2c(c(O)n1CCCN1[Si](c3ccccc3)(c3ccccc3)CC[Si]1(c1ccccc1)c1ccccc1)CCCC2. The van der Waals surface area contributed by atoms with Crippen molar-refractivity contribution in [1.29, 1.82) is 0 Å². The van der Waals surface area contributed by atoms with E-state index in [0.717, 1.165) is 61.9 Å². The third-order valence-corrected chi connectivity index (χ3v) is 22.2. The van der Waals surface area contributed by atoms with Crippen molar-refractivity contribution in [2.24, 2.45) is 0 Å². The first-order valence-electron chi connectivity index (χ1n) is 15.8. The first kappa shape index (κ1) is 28.0. The predicted molar refractivity (Wildman–Crippen MR) is 181 cm³/mol. The minimum absolute atomic E-state index is 0.276. The van der Waals surface area contributed by atoms with Gasteiger partial charge in [0.15, 0.2) is 28.2 Å². The molecule has 4 aromatic carbocycles. The van der Waals surface area contributed by atoms with Gasteiger partial charge in [-0.05, 0) is 71.5 Å². The number of aromatic hydroxyl groups is 2. The molecule has 6 heteroatoms. The second kappa shape index (κ2) is 11.7. The summed E-state index contributed by atoms with van der Waals surface area (Å²) in [7, 11) is -4.86. The van der Waals surface area contributed by atoms with Gasteiger partial charge in [0, 0.05) is 17.7 Å². The summed E-state index contributed by atoms with van der Waals surface area (Å²) in [6, 6.07) is 47.4. The number of rotatable bonds is 8. The van der Waals surface area contributed by atoms with Crippen LogP contribution in [0.25, 0.3) is 0 Å². The topological polar surface area (TPSA) is 48.6 Å². The molecule has 2 aliphatic rings. The van der Waals surface area contributed by atoms with Gasteiger partial charge in [0.1, 0.15) is 0 Å². The van der Waals surface area contributed by atoms with E-state index in [2.05, 4.69) is 126 Å². The zero-order chi connectivity index (χ0) is 29.3. The first-order chi connectivity index (χ1) is 21.2. The highest BCUT2D eigenvalue weighted by Crippen LogP contribution is 2.40. The molecule has 1 aromatic heterocycles. The van der Waals surface area contributed by atoms with Crippen LogP contribution >= 0.6 is 0 Å². The molecule has 0 radical (unpaired) electrons. The maximum atomic E-state index is 11.2. The number of aromatic nitrogens is 1. The Balaban J connectivity index is 1.39. The first-order valence-corrected chi connectivity index (χ1v) is 20.1. The Kier molecular flexibility index (Phi) is 7.59. The number of hydrogen-bond acceptors (Lipinski definition) is 3. The fraction of sp³-hybridized carbons (Fsp3) is 0.243. The number of fused-ring (bicyclic) bond motifs is 1. The van der Waals surface area contributed by atoms with Crippen molar-refractivity contribution in [3.63, 3.8) is 0 Å². The quantitative estimate of drug-likeness (QED) is 0.247. The molecule has 1 aliphatic heterocycles. The van der Waals surface area contributed by atoms with Crippen LogP contribution < -0.4 is 20.7 Å². The molecule has 0 saturated carbocycles. The monoisotopic (exact) mass is 600 g/mol. The lowest BCUT2D eigenvalue weighted by molar-refractivity contribution is 0.358. The highest BCUT2D eigenvalue weighted by Gasteiger charge is 2.60.